The van der Waals surface area contributed by atoms with Crippen molar-refractivity contribution in [1.82, 2.24) is 39.9 Å². The van der Waals surface area contributed by atoms with E-state index in [1.165, 1.54) is 4.68 Å². The Bertz CT molecular complexity index is 1360. The van der Waals surface area contributed by atoms with Gasteiger partial charge in [-0.2, -0.15) is 9.78 Å². The summed E-state index contributed by atoms with van der Waals surface area (Å²) in [7, 11) is 0. The van der Waals surface area contributed by atoms with Crippen molar-refractivity contribution in [2.24, 2.45) is 0 Å². The molecular formula is C25H30FN9O2. The third kappa shape index (κ3) is 5.30. The number of pyridine rings is 1. The number of nitrogens with two attached hydrogens (primary N) is 1. The molecule has 194 valence electrons. The predicted molar refractivity (Wildman–Crippen MR) is 136 cm³/mol. The smallest absolute Gasteiger partial charge is 0.190 e. The lowest BCUT2D eigenvalue weighted by Crippen LogP contribution is -2.38. The average molecular weight is 508 g/mol. The molecule has 0 unspecified atom stereocenters. The van der Waals surface area contributed by atoms with E-state index in [0.717, 1.165) is 56.9 Å². The van der Waals surface area contributed by atoms with Crippen LogP contribution in [-0.2, 0) is 11.3 Å². The van der Waals surface area contributed by atoms with Crippen LogP contribution in [0.4, 0.5) is 10.2 Å². The molecule has 0 bridgehead atoms. The van der Waals surface area contributed by atoms with Gasteiger partial charge >= 0.3 is 0 Å². The number of anilines is 1. The van der Waals surface area contributed by atoms with Gasteiger partial charge in [-0.3, -0.25) is 9.58 Å². The average Bonchev–Trinajstić information content (AvgIpc) is 3.58. The summed E-state index contributed by atoms with van der Waals surface area (Å²) >= 11 is 0. The highest BCUT2D eigenvalue weighted by atomic mass is 19.1. The maximum atomic E-state index is 15.5. The first kappa shape index (κ1) is 24.8. The molecule has 4 aromatic rings. The number of benzene rings is 1. The van der Waals surface area contributed by atoms with Crippen LogP contribution in [0.1, 0.15) is 18.9 Å². The summed E-state index contributed by atoms with van der Waals surface area (Å²) in [6.45, 7) is 8.99. The van der Waals surface area contributed by atoms with E-state index in [-0.39, 0.29) is 17.3 Å². The maximum Gasteiger partial charge on any atom is 0.190 e. The first-order chi connectivity index (χ1) is 18.0. The van der Waals surface area contributed by atoms with Crippen LogP contribution in [0.3, 0.4) is 0 Å². The number of aromatic nitrogens is 7. The minimum absolute atomic E-state index is 0.193. The number of hydrogen-bond acceptors (Lipinski definition) is 9. The van der Waals surface area contributed by atoms with Crippen molar-refractivity contribution in [3.05, 3.63) is 48.2 Å². The SMILES string of the molecule is CCCn1cc(-c2cnc(N)c(-c3nnnn3-c3ccc(OCCN4CCOCC4)c(C)c3F)c2)cn1. The van der Waals surface area contributed by atoms with Gasteiger partial charge in [-0.1, -0.05) is 6.92 Å². The van der Waals surface area contributed by atoms with E-state index >= 15 is 4.39 Å². The fourth-order valence-electron chi connectivity index (χ4n) is 4.28. The number of tetrazole rings is 1. The number of nitrogen functional groups attached to an aromatic ring is 1. The summed E-state index contributed by atoms with van der Waals surface area (Å²) in [4.78, 5) is 6.60. The summed E-state index contributed by atoms with van der Waals surface area (Å²) in [5, 5.41) is 16.4. The number of aryl methyl sites for hydroxylation is 1. The topological polar surface area (TPSA) is 122 Å². The van der Waals surface area contributed by atoms with Gasteiger partial charge in [0.1, 0.15) is 23.9 Å². The van der Waals surface area contributed by atoms with Crippen molar-refractivity contribution >= 4 is 5.82 Å². The predicted octanol–water partition coefficient (Wildman–Crippen LogP) is 2.74. The lowest BCUT2D eigenvalue weighted by atomic mass is 10.1. The van der Waals surface area contributed by atoms with Crippen LogP contribution in [0.25, 0.3) is 28.2 Å². The van der Waals surface area contributed by atoms with E-state index in [9.17, 15) is 0 Å². The first-order valence-electron chi connectivity index (χ1n) is 12.3. The fraction of sp³-hybridized carbons (Fsp3) is 0.400. The Morgan fingerprint density at radius 3 is 2.78 bits per heavy atom. The summed E-state index contributed by atoms with van der Waals surface area (Å²) in [5.74, 6) is 0.533. The second kappa shape index (κ2) is 11.0. The number of ether oxygens (including phenoxy) is 2. The zero-order valence-corrected chi connectivity index (χ0v) is 21.0. The van der Waals surface area contributed by atoms with Crippen LogP contribution in [0.15, 0.2) is 36.8 Å². The Morgan fingerprint density at radius 2 is 1.97 bits per heavy atom. The minimum Gasteiger partial charge on any atom is -0.492 e. The lowest BCUT2D eigenvalue weighted by molar-refractivity contribution is 0.0322. The van der Waals surface area contributed by atoms with Gasteiger partial charge in [0.05, 0.1) is 25.0 Å². The van der Waals surface area contributed by atoms with Crippen molar-refractivity contribution in [3.8, 4) is 34.0 Å². The molecular weight excluding hydrogens is 477 g/mol. The molecule has 37 heavy (non-hydrogen) atoms. The lowest BCUT2D eigenvalue weighted by Gasteiger charge is -2.26. The van der Waals surface area contributed by atoms with Crippen LogP contribution in [0.5, 0.6) is 5.75 Å². The van der Waals surface area contributed by atoms with Gasteiger partial charge in [0.25, 0.3) is 0 Å². The molecule has 1 aliphatic heterocycles. The molecule has 0 saturated carbocycles. The van der Waals surface area contributed by atoms with E-state index in [1.54, 1.807) is 31.5 Å². The molecule has 1 aromatic carbocycles. The molecule has 1 fully saturated rings. The number of hydrogen-bond donors (Lipinski definition) is 1. The van der Waals surface area contributed by atoms with Gasteiger partial charge in [0, 0.05) is 55.3 Å². The molecule has 0 atom stereocenters. The van der Waals surface area contributed by atoms with E-state index in [0.29, 0.717) is 23.5 Å². The van der Waals surface area contributed by atoms with E-state index in [1.807, 2.05) is 16.9 Å². The Morgan fingerprint density at radius 1 is 1.14 bits per heavy atom. The van der Waals surface area contributed by atoms with Gasteiger partial charge in [0.2, 0.25) is 0 Å². The van der Waals surface area contributed by atoms with E-state index in [4.69, 9.17) is 15.2 Å². The molecule has 11 nitrogen and oxygen atoms in total. The molecule has 1 aliphatic rings. The molecule has 3 aromatic heterocycles. The Labute approximate surface area is 214 Å². The van der Waals surface area contributed by atoms with Gasteiger partial charge in [-0.15, -0.1) is 5.10 Å². The van der Waals surface area contributed by atoms with Gasteiger partial charge < -0.3 is 15.2 Å². The van der Waals surface area contributed by atoms with Crippen LogP contribution in [0, 0.1) is 12.7 Å². The highest BCUT2D eigenvalue weighted by molar-refractivity contribution is 5.76. The summed E-state index contributed by atoms with van der Waals surface area (Å²) < 4.78 is 30.0. The normalized spacial score (nSPS) is 14.2. The van der Waals surface area contributed by atoms with Crippen molar-refractivity contribution in [2.75, 3.05) is 45.2 Å². The molecule has 0 aliphatic carbocycles. The quantitative estimate of drug-likeness (QED) is 0.364. The number of morpholine rings is 1. The zero-order valence-electron chi connectivity index (χ0n) is 21.0. The summed E-state index contributed by atoms with van der Waals surface area (Å²) in [5.41, 5.74) is 8.96. The third-order valence-electron chi connectivity index (χ3n) is 6.36. The molecule has 0 spiro atoms. The zero-order chi connectivity index (χ0) is 25.8. The first-order valence-corrected chi connectivity index (χ1v) is 12.3. The monoisotopic (exact) mass is 507 g/mol. The molecule has 0 radical (unpaired) electrons. The third-order valence-corrected chi connectivity index (χ3v) is 6.36. The highest BCUT2D eigenvalue weighted by Gasteiger charge is 2.21. The minimum atomic E-state index is -0.471. The second-order valence-corrected chi connectivity index (χ2v) is 8.89. The molecule has 5 rings (SSSR count). The standard InChI is InChI=1S/C25H30FN9O2/c1-3-6-34-16-19(15-29-34)18-13-20(24(27)28-14-18)25-30-31-32-35(25)21-4-5-22(17(2)23(21)26)37-12-9-33-7-10-36-11-8-33/h4-5,13-16H,3,6-12H2,1-2H3,(H2,27,28). The van der Waals surface area contributed by atoms with E-state index in [2.05, 4.69) is 37.4 Å². The largest absolute Gasteiger partial charge is 0.492 e. The molecule has 4 heterocycles. The van der Waals surface area contributed by atoms with Crippen LogP contribution in [-0.4, -0.2) is 79.3 Å². The van der Waals surface area contributed by atoms with Crippen molar-refractivity contribution in [1.29, 1.82) is 0 Å². The fourth-order valence-corrected chi connectivity index (χ4v) is 4.28. The van der Waals surface area contributed by atoms with Crippen molar-refractivity contribution in [3.63, 3.8) is 0 Å². The van der Waals surface area contributed by atoms with E-state index < -0.39 is 5.82 Å². The Balaban J connectivity index is 1.39. The number of rotatable bonds is 9. The molecule has 2 N–H and O–H groups in total. The number of nitrogens with zero attached hydrogens (tertiary/aromatic N) is 8. The van der Waals surface area contributed by atoms with Gasteiger partial charge in [0.15, 0.2) is 11.6 Å². The molecule has 0 amide bonds. The van der Waals surface area contributed by atoms with Crippen LogP contribution in [0.2, 0.25) is 0 Å². The van der Waals surface area contributed by atoms with Gasteiger partial charge in [-0.05, 0) is 42.0 Å². The van der Waals surface area contributed by atoms with Crippen LogP contribution >= 0.6 is 0 Å². The second-order valence-electron chi connectivity index (χ2n) is 8.89. The maximum absolute atomic E-state index is 15.5. The summed E-state index contributed by atoms with van der Waals surface area (Å²) in [6, 6.07) is 5.18. The Kier molecular flexibility index (Phi) is 7.37. The Hall–Kier alpha value is -3.90. The van der Waals surface area contributed by atoms with Gasteiger partial charge in [-0.25, -0.2) is 9.37 Å². The number of halogens is 1. The van der Waals surface area contributed by atoms with Crippen molar-refractivity contribution in [2.45, 2.75) is 26.8 Å². The summed E-state index contributed by atoms with van der Waals surface area (Å²) in [6.07, 6.45) is 6.37. The highest BCUT2D eigenvalue weighted by Crippen LogP contribution is 2.31. The molecule has 1 saturated heterocycles. The van der Waals surface area contributed by atoms with Crippen molar-refractivity contribution < 1.29 is 13.9 Å². The van der Waals surface area contributed by atoms with Crippen LogP contribution < -0.4 is 10.5 Å². The molecule has 12 heteroatoms.